The topological polar surface area (TPSA) is 91.2 Å². The number of halogens is 2. The van der Waals surface area contributed by atoms with Crippen molar-refractivity contribution in [3.05, 3.63) is 73.3 Å². The lowest BCUT2D eigenvalue weighted by Gasteiger charge is -2.28. The van der Waals surface area contributed by atoms with E-state index in [9.17, 15) is 19.2 Å². The number of rotatable bonds is 7. The first-order valence-corrected chi connectivity index (χ1v) is 11.8. The molecule has 0 radical (unpaired) electrons. The van der Waals surface area contributed by atoms with Crippen LogP contribution in [0, 0.1) is 17.1 Å². The quantitative estimate of drug-likeness (QED) is 0.519. The number of thioether (sulfide) groups is 1. The Labute approximate surface area is 198 Å². The molecule has 1 aliphatic heterocycles. The summed E-state index contributed by atoms with van der Waals surface area (Å²) in [5.74, 6) is -2.26. The summed E-state index contributed by atoms with van der Waals surface area (Å²) in [5, 5.41) is 18.0. The van der Waals surface area contributed by atoms with Crippen molar-refractivity contribution in [3.8, 4) is 6.07 Å². The minimum Gasteiger partial charge on any atom is -0.463 e. The van der Waals surface area contributed by atoms with Crippen LogP contribution in [0.3, 0.4) is 0 Å². The summed E-state index contributed by atoms with van der Waals surface area (Å²) in [6.45, 7) is 3.65. The van der Waals surface area contributed by atoms with Crippen LogP contribution in [0.1, 0.15) is 24.6 Å². The lowest BCUT2D eigenvalue weighted by atomic mass is 9.87. The molecule has 1 aromatic carbocycles. The van der Waals surface area contributed by atoms with Gasteiger partial charge in [-0.1, -0.05) is 29.4 Å². The molecule has 6 nitrogen and oxygen atoms in total. The number of hydrogen-bond donors (Lipinski definition) is 2. The molecule has 0 spiro atoms. The van der Waals surface area contributed by atoms with Gasteiger partial charge in [-0.3, -0.25) is 4.79 Å². The van der Waals surface area contributed by atoms with Crippen molar-refractivity contribution < 1.29 is 18.7 Å². The summed E-state index contributed by atoms with van der Waals surface area (Å²) < 4.78 is 19.2. The number of thiophene rings is 1. The van der Waals surface area contributed by atoms with Gasteiger partial charge >= 0.3 is 5.97 Å². The zero-order valence-electron chi connectivity index (χ0n) is 17.2. The molecule has 2 aromatic rings. The molecule has 166 valence electrons. The SMILES string of the molecule is CCOC(=O)C1=C(C)NC(SCC(=O)Nc2ccc(Cl)cc2F)=C(C#N)C1c1cccs1. The molecule has 1 unspecified atom stereocenters. The number of benzene rings is 1. The molecule has 0 aliphatic carbocycles. The van der Waals surface area contributed by atoms with Crippen LogP contribution < -0.4 is 10.6 Å². The van der Waals surface area contributed by atoms with E-state index in [1.54, 1.807) is 13.8 Å². The van der Waals surface area contributed by atoms with E-state index in [-0.39, 0.29) is 23.1 Å². The standard InChI is InChI=1S/C22H19ClFN3O3S2/c1-3-30-22(29)19-12(2)26-21(14(10-25)20(19)17-5-4-8-31-17)32-11-18(28)27-16-7-6-13(23)9-15(16)24/h4-9,20,26H,3,11H2,1-2H3,(H,27,28). The summed E-state index contributed by atoms with van der Waals surface area (Å²) in [5.41, 5.74) is 1.25. The zero-order chi connectivity index (χ0) is 23.3. The molecular weight excluding hydrogens is 473 g/mol. The Hall–Kier alpha value is -2.80. The van der Waals surface area contributed by atoms with Gasteiger partial charge in [0, 0.05) is 15.6 Å². The van der Waals surface area contributed by atoms with Crippen LogP contribution in [0.15, 0.2) is 57.6 Å². The maximum absolute atomic E-state index is 13.9. The number of carbonyl (C=O) groups is 2. The van der Waals surface area contributed by atoms with Gasteiger partial charge in [-0.2, -0.15) is 5.26 Å². The normalized spacial score (nSPS) is 15.8. The highest BCUT2D eigenvalue weighted by Gasteiger charge is 2.36. The van der Waals surface area contributed by atoms with E-state index < -0.39 is 23.6 Å². The predicted molar refractivity (Wildman–Crippen MR) is 125 cm³/mol. The van der Waals surface area contributed by atoms with Crippen molar-refractivity contribution >= 4 is 52.3 Å². The van der Waals surface area contributed by atoms with Crippen LogP contribution in [0.5, 0.6) is 0 Å². The van der Waals surface area contributed by atoms with E-state index in [1.165, 1.54) is 23.5 Å². The van der Waals surface area contributed by atoms with Gasteiger partial charge in [0.1, 0.15) is 5.82 Å². The maximum Gasteiger partial charge on any atom is 0.336 e. The maximum atomic E-state index is 13.9. The summed E-state index contributed by atoms with van der Waals surface area (Å²) in [6, 6.07) is 9.84. The van der Waals surface area contributed by atoms with Gasteiger partial charge in [-0.25, -0.2) is 9.18 Å². The number of anilines is 1. The van der Waals surface area contributed by atoms with Gasteiger partial charge in [0.05, 0.1) is 46.2 Å². The van der Waals surface area contributed by atoms with Gasteiger partial charge in [0.15, 0.2) is 0 Å². The molecule has 1 aliphatic rings. The second-order valence-electron chi connectivity index (χ2n) is 6.65. The summed E-state index contributed by atoms with van der Waals surface area (Å²) in [7, 11) is 0. The van der Waals surface area contributed by atoms with E-state index >= 15 is 0 Å². The van der Waals surface area contributed by atoms with Gasteiger partial charge in [0.25, 0.3) is 0 Å². The number of nitrogens with one attached hydrogen (secondary N) is 2. The molecule has 1 amide bonds. The number of hydrogen-bond acceptors (Lipinski definition) is 7. The third kappa shape index (κ3) is 5.33. The Kier molecular flexibility index (Phi) is 7.96. The molecular formula is C22H19ClFN3O3S2. The summed E-state index contributed by atoms with van der Waals surface area (Å²) in [6.07, 6.45) is 0. The third-order valence-electron chi connectivity index (χ3n) is 4.52. The van der Waals surface area contributed by atoms with Crippen molar-refractivity contribution in [1.29, 1.82) is 5.26 Å². The number of nitrogens with zero attached hydrogens (tertiary/aromatic N) is 1. The Morgan fingerprint density at radius 3 is 2.81 bits per heavy atom. The smallest absolute Gasteiger partial charge is 0.336 e. The number of esters is 1. The number of carbonyl (C=O) groups excluding carboxylic acids is 2. The first-order valence-electron chi connectivity index (χ1n) is 9.56. The highest BCUT2D eigenvalue weighted by atomic mass is 35.5. The zero-order valence-corrected chi connectivity index (χ0v) is 19.6. The van der Waals surface area contributed by atoms with Crippen LogP contribution in [-0.4, -0.2) is 24.2 Å². The largest absolute Gasteiger partial charge is 0.463 e. The third-order valence-corrected chi connectivity index (χ3v) is 6.71. The second kappa shape index (κ2) is 10.7. The van der Waals surface area contributed by atoms with Gasteiger partial charge in [-0.15, -0.1) is 11.3 Å². The van der Waals surface area contributed by atoms with Gasteiger partial charge in [-0.05, 0) is 43.5 Å². The second-order valence-corrected chi connectivity index (χ2v) is 9.05. The monoisotopic (exact) mass is 491 g/mol. The lowest BCUT2D eigenvalue weighted by molar-refractivity contribution is -0.138. The summed E-state index contributed by atoms with van der Waals surface area (Å²) in [4.78, 5) is 25.8. The molecule has 0 fully saturated rings. The number of amides is 1. The van der Waals surface area contributed by atoms with E-state index in [1.807, 2.05) is 17.5 Å². The molecule has 0 saturated carbocycles. The fraction of sp³-hybridized carbons (Fsp3) is 0.227. The van der Waals surface area contributed by atoms with E-state index in [0.29, 0.717) is 21.9 Å². The fourth-order valence-electron chi connectivity index (χ4n) is 3.16. The Bertz CT molecular complexity index is 1140. The molecule has 0 bridgehead atoms. The minimum absolute atomic E-state index is 0.0169. The Morgan fingerprint density at radius 1 is 1.41 bits per heavy atom. The molecule has 0 saturated heterocycles. The number of dihydropyridines is 1. The fourth-order valence-corrected chi connectivity index (χ4v) is 5.05. The number of nitriles is 1. The first kappa shape index (κ1) is 23.9. The van der Waals surface area contributed by atoms with E-state index in [0.717, 1.165) is 22.7 Å². The molecule has 2 N–H and O–H groups in total. The predicted octanol–water partition coefficient (Wildman–Crippen LogP) is 5.17. The molecule has 32 heavy (non-hydrogen) atoms. The van der Waals surface area contributed by atoms with Crippen molar-refractivity contribution in [2.24, 2.45) is 0 Å². The van der Waals surface area contributed by atoms with Gasteiger partial charge < -0.3 is 15.4 Å². The minimum atomic E-state index is -0.640. The van der Waals surface area contributed by atoms with Crippen molar-refractivity contribution in [3.63, 3.8) is 0 Å². The van der Waals surface area contributed by atoms with E-state index in [2.05, 4.69) is 16.7 Å². The number of allylic oxidation sites excluding steroid dienone is 2. The Morgan fingerprint density at radius 2 is 2.19 bits per heavy atom. The van der Waals surface area contributed by atoms with Crippen LogP contribution in [0.2, 0.25) is 5.02 Å². The van der Waals surface area contributed by atoms with Crippen molar-refractivity contribution in [2.75, 3.05) is 17.7 Å². The molecule has 1 atom stereocenters. The van der Waals surface area contributed by atoms with Crippen molar-refractivity contribution in [1.82, 2.24) is 5.32 Å². The molecule has 2 heterocycles. The Balaban J connectivity index is 1.84. The van der Waals surface area contributed by atoms with Crippen LogP contribution in [-0.2, 0) is 14.3 Å². The highest BCUT2D eigenvalue weighted by Crippen LogP contribution is 2.42. The van der Waals surface area contributed by atoms with E-state index in [4.69, 9.17) is 16.3 Å². The van der Waals surface area contributed by atoms with Crippen LogP contribution >= 0.6 is 34.7 Å². The summed E-state index contributed by atoms with van der Waals surface area (Å²) >= 11 is 8.26. The first-order chi connectivity index (χ1) is 15.3. The van der Waals surface area contributed by atoms with Crippen molar-refractivity contribution in [2.45, 2.75) is 19.8 Å². The molecule has 1 aromatic heterocycles. The molecule has 10 heteroatoms. The van der Waals surface area contributed by atoms with Crippen LogP contribution in [0.4, 0.5) is 10.1 Å². The van der Waals surface area contributed by atoms with Crippen LogP contribution in [0.25, 0.3) is 0 Å². The number of ether oxygens (including phenoxy) is 1. The van der Waals surface area contributed by atoms with Gasteiger partial charge in [0.2, 0.25) is 5.91 Å². The average molecular weight is 492 g/mol. The average Bonchev–Trinajstić information content (AvgIpc) is 3.28. The molecule has 3 rings (SSSR count). The lowest BCUT2D eigenvalue weighted by Crippen LogP contribution is -2.29. The highest BCUT2D eigenvalue weighted by molar-refractivity contribution is 8.03.